The fourth-order valence-corrected chi connectivity index (χ4v) is 3.85. The Balaban J connectivity index is 1.42. The summed E-state index contributed by atoms with van der Waals surface area (Å²) in [5.74, 6) is -0.0191. The number of benzene rings is 1. The van der Waals surface area contributed by atoms with Crippen molar-refractivity contribution in [1.29, 1.82) is 0 Å². The Morgan fingerprint density at radius 2 is 1.86 bits per heavy atom. The molecule has 0 atom stereocenters. The first kappa shape index (κ1) is 19.5. The minimum absolute atomic E-state index is 0.0220. The number of aromatic nitrogens is 2. The summed E-state index contributed by atoms with van der Waals surface area (Å²) >= 11 is 0. The second-order valence-corrected chi connectivity index (χ2v) is 7.52. The van der Waals surface area contributed by atoms with Gasteiger partial charge in [0.2, 0.25) is 5.91 Å². The highest BCUT2D eigenvalue weighted by Crippen LogP contribution is 2.25. The molecule has 1 aromatic carbocycles. The molecule has 29 heavy (non-hydrogen) atoms. The molecule has 1 fully saturated rings. The molecule has 7 nitrogen and oxygen atoms in total. The Hall–Kier alpha value is -2.81. The maximum absolute atomic E-state index is 13.9. The van der Waals surface area contributed by atoms with E-state index in [1.54, 1.807) is 11.8 Å². The third kappa shape index (κ3) is 4.14. The number of carbonyl (C=O) groups is 1. The van der Waals surface area contributed by atoms with E-state index in [9.17, 15) is 13.6 Å². The van der Waals surface area contributed by atoms with Gasteiger partial charge < -0.3 is 15.5 Å². The zero-order valence-electron chi connectivity index (χ0n) is 16.4. The number of amides is 1. The van der Waals surface area contributed by atoms with E-state index in [1.807, 2.05) is 0 Å². The largest absolute Gasteiger partial charge is 0.381 e. The number of piperazine rings is 1. The first-order valence-electron chi connectivity index (χ1n) is 9.72. The highest BCUT2D eigenvalue weighted by atomic mass is 19.1. The van der Waals surface area contributed by atoms with Crippen molar-refractivity contribution in [2.45, 2.75) is 26.4 Å². The van der Waals surface area contributed by atoms with E-state index in [2.05, 4.69) is 14.8 Å². The normalized spacial score (nSPS) is 17.3. The van der Waals surface area contributed by atoms with E-state index in [0.29, 0.717) is 69.4 Å². The van der Waals surface area contributed by atoms with Crippen molar-refractivity contribution in [2.24, 2.45) is 0 Å². The van der Waals surface area contributed by atoms with Gasteiger partial charge in [-0.15, -0.1) is 0 Å². The fraction of sp³-hybridized carbons (Fsp3) is 0.450. The molecule has 0 unspecified atom stereocenters. The van der Waals surface area contributed by atoms with Crippen LogP contribution in [0.3, 0.4) is 0 Å². The van der Waals surface area contributed by atoms with Crippen LogP contribution in [0.25, 0.3) is 0 Å². The third-order valence-electron chi connectivity index (χ3n) is 5.54. The van der Waals surface area contributed by atoms with Crippen molar-refractivity contribution in [2.75, 3.05) is 43.4 Å². The average molecular weight is 402 g/mol. The molecule has 2 aromatic rings. The molecule has 1 saturated heterocycles. The monoisotopic (exact) mass is 402 g/mol. The van der Waals surface area contributed by atoms with Gasteiger partial charge in [-0.2, -0.15) is 0 Å². The molecule has 0 aliphatic carbocycles. The Kier molecular flexibility index (Phi) is 5.31. The van der Waals surface area contributed by atoms with Crippen LogP contribution in [0.1, 0.15) is 23.9 Å². The number of nitrogens with zero attached hydrogens (tertiary/aromatic N) is 5. The Morgan fingerprint density at radius 1 is 1.10 bits per heavy atom. The molecule has 2 N–H and O–H groups in total. The minimum Gasteiger partial charge on any atom is -0.381 e. The average Bonchev–Trinajstić information content (AvgIpc) is 2.70. The van der Waals surface area contributed by atoms with Crippen LogP contribution < -0.4 is 10.6 Å². The number of rotatable bonds is 3. The maximum atomic E-state index is 13.9. The van der Waals surface area contributed by atoms with Gasteiger partial charge in [0.15, 0.2) is 11.6 Å². The lowest BCUT2D eigenvalue weighted by atomic mass is 10.1. The van der Waals surface area contributed by atoms with E-state index in [4.69, 9.17) is 10.7 Å². The number of hydrogen-bond donors (Lipinski definition) is 1. The lowest BCUT2D eigenvalue weighted by Gasteiger charge is -2.36. The van der Waals surface area contributed by atoms with Crippen molar-refractivity contribution in [3.8, 4) is 0 Å². The van der Waals surface area contributed by atoms with Crippen LogP contribution in [0.15, 0.2) is 18.2 Å². The Morgan fingerprint density at radius 3 is 2.55 bits per heavy atom. The molecule has 2 aliphatic heterocycles. The zero-order chi connectivity index (χ0) is 20.5. The molecule has 2 aliphatic rings. The van der Waals surface area contributed by atoms with Gasteiger partial charge in [0.05, 0.1) is 17.9 Å². The van der Waals surface area contributed by atoms with Crippen LogP contribution in [-0.4, -0.2) is 58.4 Å². The van der Waals surface area contributed by atoms with Gasteiger partial charge in [-0.1, -0.05) is 6.07 Å². The molecule has 0 radical (unpaired) electrons. The zero-order valence-corrected chi connectivity index (χ0v) is 16.4. The molecule has 154 valence electrons. The molecule has 9 heteroatoms. The van der Waals surface area contributed by atoms with Crippen LogP contribution in [0.4, 0.5) is 20.4 Å². The third-order valence-corrected chi connectivity index (χ3v) is 5.54. The van der Waals surface area contributed by atoms with Crippen LogP contribution >= 0.6 is 0 Å². The van der Waals surface area contributed by atoms with Crippen LogP contribution in [-0.2, 0) is 24.3 Å². The van der Waals surface area contributed by atoms with Crippen molar-refractivity contribution in [3.63, 3.8) is 0 Å². The smallest absolute Gasteiger partial charge is 0.219 e. The second-order valence-electron chi connectivity index (χ2n) is 7.52. The van der Waals surface area contributed by atoms with Crippen molar-refractivity contribution in [3.05, 3.63) is 46.8 Å². The molecule has 0 saturated carbocycles. The standard InChI is InChI=1S/C20H24F2N6O/c1-13(29)28-5-4-17-18(12-28)24-19(23)20(25-17)27-8-6-26(7-9-27)11-14-2-3-15(21)10-16(14)22/h2-3,10H,4-9,11-12H2,1H3,(H2,23,24). The highest BCUT2D eigenvalue weighted by molar-refractivity contribution is 5.73. The predicted molar refractivity (Wildman–Crippen MR) is 105 cm³/mol. The van der Waals surface area contributed by atoms with Gasteiger partial charge in [0.1, 0.15) is 11.6 Å². The number of nitrogen functional groups attached to an aromatic ring is 1. The lowest BCUT2D eigenvalue weighted by Crippen LogP contribution is -2.47. The predicted octanol–water partition coefficient (Wildman–Crippen LogP) is 1.56. The van der Waals surface area contributed by atoms with Crippen molar-refractivity contribution < 1.29 is 13.6 Å². The fourth-order valence-electron chi connectivity index (χ4n) is 3.85. The van der Waals surface area contributed by atoms with Gasteiger partial charge in [-0.3, -0.25) is 9.69 Å². The molecule has 0 bridgehead atoms. The number of nitrogens with two attached hydrogens (primary N) is 1. The second kappa shape index (κ2) is 7.90. The number of fused-ring (bicyclic) bond motifs is 1. The van der Waals surface area contributed by atoms with Crippen LogP contribution in [0.5, 0.6) is 0 Å². The molecule has 3 heterocycles. The summed E-state index contributed by atoms with van der Waals surface area (Å²) < 4.78 is 27.0. The summed E-state index contributed by atoms with van der Waals surface area (Å²) in [5, 5.41) is 0. The summed E-state index contributed by atoms with van der Waals surface area (Å²) in [6.07, 6.45) is 0.666. The van der Waals surface area contributed by atoms with E-state index < -0.39 is 11.6 Å². The number of hydrogen-bond acceptors (Lipinski definition) is 6. The minimum atomic E-state index is -0.566. The molecule has 1 aromatic heterocycles. The topological polar surface area (TPSA) is 78.6 Å². The molecular weight excluding hydrogens is 378 g/mol. The summed E-state index contributed by atoms with van der Waals surface area (Å²) in [7, 11) is 0. The van der Waals surface area contributed by atoms with Crippen molar-refractivity contribution in [1.82, 2.24) is 19.8 Å². The molecule has 4 rings (SSSR count). The summed E-state index contributed by atoms with van der Waals surface area (Å²) in [4.78, 5) is 26.8. The quantitative estimate of drug-likeness (QED) is 0.840. The van der Waals surface area contributed by atoms with Crippen LogP contribution in [0.2, 0.25) is 0 Å². The number of anilines is 2. The summed E-state index contributed by atoms with van der Waals surface area (Å²) in [6.45, 7) is 5.89. The maximum Gasteiger partial charge on any atom is 0.219 e. The van der Waals surface area contributed by atoms with Gasteiger partial charge in [0.25, 0.3) is 0 Å². The van der Waals surface area contributed by atoms with E-state index in [1.165, 1.54) is 12.1 Å². The van der Waals surface area contributed by atoms with Gasteiger partial charge in [-0.05, 0) is 6.07 Å². The molecular formula is C20H24F2N6O. The van der Waals surface area contributed by atoms with Gasteiger partial charge in [0, 0.05) is 64.2 Å². The van der Waals surface area contributed by atoms with Gasteiger partial charge in [-0.25, -0.2) is 18.7 Å². The number of halogens is 2. The first-order valence-corrected chi connectivity index (χ1v) is 9.72. The summed E-state index contributed by atoms with van der Waals surface area (Å²) in [6, 6.07) is 3.70. The Labute approximate surface area is 168 Å². The van der Waals surface area contributed by atoms with Gasteiger partial charge >= 0.3 is 0 Å². The Bertz CT molecular complexity index is 929. The molecule has 0 spiro atoms. The molecule has 1 amide bonds. The summed E-state index contributed by atoms with van der Waals surface area (Å²) in [5.41, 5.74) is 8.31. The highest BCUT2D eigenvalue weighted by Gasteiger charge is 2.26. The van der Waals surface area contributed by atoms with E-state index in [0.717, 1.165) is 17.5 Å². The lowest BCUT2D eigenvalue weighted by molar-refractivity contribution is -0.129. The SMILES string of the molecule is CC(=O)N1CCc2nc(N3CCN(Cc4ccc(F)cc4F)CC3)c(N)nc2C1. The van der Waals surface area contributed by atoms with E-state index in [-0.39, 0.29) is 5.91 Å². The first-order chi connectivity index (χ1) is 13.9. The van der Waals surface area contributed by atoms with Crippen molar-refractivity contribution >= 4 is 17.5 Å². The van der Waals surface area contributed by atoms with E-state index >= 15 is 0 Å². The van der Waals surface area contributed by atoms with Crippen LogP contribution in [0, 0.1) is 11.6 Å². The number of carbonyl (C=O) groups excluding carboxylic acids is 1.